The summed E-state index contributed by atoms with van der Waals surface area (Å²) in [7, 11) is 0. The highest BCUT2D eigenvalue weighted by atomic mass is 14.9. The van der Waals surface area contributed by atoms with Gasteiger partial charge in [0.05, 0.1) is 16.7 Å². The first-order valence-corrected chi connectivity index (χ1v) is 6.37. The first-order valence-electron chi connectivity index (χ1n) is 6.37. The third-order valence-corrected chi connectivity index (χ3v) is 3.21. The highest BCUT2D eigenvalue weighted by Crippen LogP contribution is 2.13. The van der Waals surface area contributed by atoms with Crippen molar-refractivity contribution in [2.45, 2.75) is 13.5 Å². The number of aromatic nitrogens is 2. The number of dihydropyridines is 1. The van der Waals surface area contributed by atoms with Crippen molar-refractivity contribution < 1.29 is 0 Å². The smallest absolute Gasteiger partial charge is 0.0890 e. The Morgan fingerprint density at radius 3 is 2.89 bits per heavy atom. The summed E-state index contributed by atoms with van der Waals surface area (Å²) in [6.07, 6.45) is 7.64. The average Bonchev–Trinajstić information content (AvgIpc) is 2.46. The van der Waals surface area contributed by atoms with Crippen molar-refractivity contribution in [3.63, 3.8) is 0 Å². The Hall–Kier alpha value is -2.36. The van der Waals surface area contributed by atoms with Gasteiger partial charge in [-0.15, -0.1) is 0 Å². The highest BCUT2D eigenvalue weighted by Gasteiger charge is 2.04. The Kier molecular flexibility index (Phi) is 3.14. The van der Waals surface area contributed by atoms with Crippen molar-refractivity contribution in [1.29, 1.82) is 0 Å². The lowest BCUT2D eigenvalue weighted by molar-refractivity contribution is 0.784. The van der Waals surface area contributed by atoms with Gasteiger partial charge in [-0.05, 0) is 30.2 Å². The van der Waals surface area contributed by atoms with Crippen LogP contribution in [-0.2, 0) is 6.54 Å². The molecule has 2 N–H and O–H groups in total. The average molecular weight is 252 g/mol. The molecule has 2 heterocycles. The van der Waals surface area contributed by atoms with E-state index in [1.807, 2.05) is 12.3 Å². The van der Waals surface area contributed by atoms with Gasteiger partial charge in [-0.3, -0.25) is 9.97 Å². The van der Waals surface area contributed by atoms with Crippen LogP contribution in [0.4, 0.5) is 0 Å². The summed E-state index contributed by atoms with van der Waals surface area (Å²) in [5, 5.41) is 6.64. The largest absolute Gasteiger partial charge is 0.386 e. The van der Waals surface area contributed by atoms with Crippen LogP contribution in [0, 0.1) is 0 Å². The molecule has 4 nitrogen and oxygen atoms in total. The SMILES string of the molecule is CC1=CCNC=C1NCc1ccc2nccnc2c1. The Labute approximate surface area is 112 Å². The minimum atomic E-state index is 0.783. The van der Waals surface area contributed by atoms with Gasteiger partial charge in [0.25, 0.3) is 0 Å². The van der Waals surface area contributed by atoms with E-state index >= 15 is 0 Å². The van der Waals surface area contributed by atoms with Gasteiger partial charge in [-0.2, -0.15) is 0 Å². The molecule has 96 valence electrons. The fraction of sp³-hybridized carbons (Fsp3) is 0.200. The lowest BCUT2D eigenvalue weighted by atomic mass is 10.1. The molecule has 2 aromatic rings. The Bertz CT molecular complexity index is 658. The van der Waals surface area contributed by atoms with Crippen LogP contribution in [0.15, 0.2) is 54.1 Å². The van der Waals surface area contributed by atoms with Crippen molar-refractivity contribution in [1.82, 2.24) is 20.6 Å². The molecule has 1 aliphatic heterocycles. The van der Waals surface area contributed by atoms with Crippen LogP contribution >= 0.6 is 0 Å². The van der Waals surface area contributed by atoms with Crippen LogP contribution in [0.2, 0.25) is 0 Å². The number of hydrogen-bond donors (Lipinski definition) is 2. The molecule has 0 unspecified atom stereocenters. The normalized spacial score (nSPS) is 14.6. The van der Waals surface area contributed by atoms with Crippen LogP contribution in [0.1, 0.15) is 12.5 Å². The van der Waals surface area contributed by atoms with E-state index < -0.39 is 0 Å². The van der Waals surface area contributed by atoms with Crippen LogP contribution in [0.25, 0.3) is 11.0 Å². The van der Waals surface area contributed by atoms with E-state index in [4.69, 9.17) is 0 Å². The third kappa shape index (κ3) is 2.57. The Morgan fingerprint density at radius 1 is 1.21 bits per heavy atom. The van der Waals surface area contributed by atoms with Crippen LogP contribution < -0.4 is 10.6 Å². The number of rotatable bonds is 3. The second kappa shape index (κ2) is 5.10. The zero-order valence-electron chi connectivity index (χ0n) is 10.9. The van der Waals surface area contributed by atoms with Crippen LogP contribution in [-0.4, -0.2) is 16.5 Å². The van der Waals surface area contributed by atoms with E-state index in [-0.39, 0.29) is 0 Å². The number of benzene rings is 1. The maximum absolute atomic E-state index is 4.32. The summed E-state index contributed by atoms with van der Waals surface area (Å²) in [4.78, 5) is 8.59. The number of fused-ring (bicyclic) bond motifs is 1. The Balaban J connectivity index is 1.75. The second-order valence-corrected chi connectivity index (χ2v) is 4.59. The molecule has 1 aromatic carbocycles. The number of allylic oxidation sites excluding steroid dienone is 1. The zero-order chi connectivity index (χ0) is 13.1. The molecule has 1 aliphatic rings. The number of nitrogens with zero attached hydrogens (tertiary/aromatic N) is 2. The first kappa shape index (κ1) is 11.7. The van der Waals surface area contributed by atoms with Gasteiger partial charge in [0.2, 0.25) is 0 Å². The van der Waals surface area contributed by atoms with Crippen molar-refractivity contribution >= 4 is 11.0 Å². The van der Waals surface area contributed by atoms with E-state index in [0.29, 0.717) is 0 Å². The lowest BCUT2D eigenvalue weighted by Gasteiger charge is -2.16. The van der Waals surface area contributed by atoms with Gasteiger partial charge in [0, 0.05) is 31.7 Å². The van der Waals surface area contributed by atoms with E-state index in [9.17, 15) is 0 Å². The summed E-state index contributed by atoms with van der Waals surface area (Å²) in [6.45, 7) is 3.80. The standard InChI is InChI=1S/C15H16N4/c1-11-4-5-16-10-15(11)19-9-12-2-3-13-14(8-12)18-7-6-17-13/h2-4,6-8,10,16,19H,5,9H2,1H3. The monoisotopic (exact) mass is 252 g/mol. The fourth-order valence-corrected chi connectivity index (χ4v) is 2.10. The molecule has 19 heavy (non-hydrogen) atoms. The van der Waals surface area contributed by atoms with Crippen LogP contribution in [0.5, 0.6) is 0 Å². The maximum atomic E-state index is 4.32. The quantitative estimate of drug-likeness (QED) is 0.878. The third-order valence-electron chi connectivity index (χ3n) is 3.21. The van der Waals surface area contributed by atoms with Crippen molar-refractivity contribution in [2.75, 3.05) is 6.54 Å². The van der Waals surface area contributed by atoms with Gasteiger partial charge >= 0.3 is 0 Å². The predicted molar refractivity (Wildman–Crippen MR) is 76.2 cm³/mol. The molecule has 0 bridgehead atoms. The molecule has 0 spiro atoms. The zero-order valence-corrected chi connectivity index (χ0v) is 10.9. The summed E-state index contributed by atoms with van der Waals surface area (Å²) >= 11 is 0. The molecule has 3 rings (SSSR count). The number of nitrogens with one attached hydrogen (secondary N) is 2. The maximum Gasteiger partial charge on any atom is 0.0890 e. The van der Waals surface area contributed by atoms with Crippen molar-refractivity contribution in [3.05, 3.63) is 59.7 Å². The minimum absolute atomic E-state index is 0.783. The van der Waals surface area contributed by atoms with E-state index in [1.165, 1.54) is 11.1 Å². The first-order chi connectivity index (χ1) is 9.33. The summed E-state index contributed by atoms with van der Waals surface area (Å²) in [6, 6.07) is 6.17. The van der Waals surface area contributed by atoms with Gasteiger partial charge < -0.3 is 10.6 Å². The molecule has 0 radical (unpaired) electrons. The second-order valence-electron chi connectivity index (χ2n) is 4.59. The highest BCUT2D eigenvalue weighted by molar-refractivity contribution is 5.74. The molecule has 1 aromatic heterocycles. The van der Waals surface area contributed by atoms with Crippen molar-refractivity contribution in [2.24, 2.45) is 0 Å². The minimum Gasteiger partial charge on any atom is -0.386 e. The van der Waals surface area contributed by atoms with E-state index in [1.54, 1.807) is 12.4 Å². The fourth-order valence-electron chi connectivity index (χ4n) is 2.10. The number of hydrogen-bond acceptors (Lipinski definition) is 4. The molecule has 0 saturated heterocycles. The molecule has 4 heteroatoms. The molecular weight excluding hydrogens is 236 g/mol. The predicted octanol–water partition coefficient (Wildman–Crippen LogP) is 2.11. The molecular formula is C15H16N4. The van der Waals surface area contributed by atoms with Gasteiger partial charge in [-0.25, -0.2) is 0 Å². The van der Waals surface area contributed by atoms with Gasteiger partial charge in [0.15, 0.2) is 0 Å². The molecule has 0 amide bonds. The van der Waals surface area contributed by atoms with Gasteiger partial charge in [-0.1, -0.05) is 12.1 Å². The van der Waals surface area contributed by atoms with Gasteiger partial charge in [0.1, 0.15) is 0 Å². The molecule has 0 saturated carbocycles. The lowest BCUT2D eigenvalue weighted by Crippen LogP contribution is -2.21. The Morgan fingerprint density at radius 2 is 2.05 bits per heavy atom. The molecule has 0 aliphatic carbocycles. The molecule has 0 fully saturated rings. The molecule has 0 atom stereocenters. The summed E-state index contributed by atoms with van der Waals surface area (Å²) in [5.41, 5.74) is 5.49. The summed E-state index contributed by atoms with van der Waals surface area (Å²) in [5.74, 6) is 0. The van der Waals surface area contributed by atoms with Crippen LogP contribution in [0.3, 0.4) is 0 Å². The van der Waals surface area contributed by atoms with E-state index in [0.717, 1.165) is 29.8 Å². The topological polar surface area (TPSA) is 49.8 Å². The van der Waals surface area contributed by atoms with Crippen molar-refractivity contribution in [3.8, 4) is 0 Å². The summed E-state index contributed by atoms with van der Waals surface area (Å²) < 4.78 is 0. The van der Waals surface area contributed by atoms with E-state index in [2.05, 4.69) is 45.7 Å².